The number of rotatable bonds is 2. The molecule has 1 saturated carbocycles. The van der Waals surface area contributed by atoms with Gasteiger partial charge in [-0.1, -0.05) is 13.8 Å². The predicted octanol–water partition coefficient (Wildman–Crippen LogP) is 2.46. The topological polar surface area (TPSA) is 3.24 Å². The molecule has 0 bridgehead atoms. The van der Waals surface area contributed by atoms with Crippen molar-refractivity contribution in [1.29, 1.82) is 0 Å². The molecule has 2 atom stereocenters. The largest absolute Gasteiger partial charge is 0.303 e. The summed E-state index contributed by atoms with van der Waals surface area (Å²) in [6, 6.07) is 0.609. The van der Waals surface area contributed by atoms with Crippen molar-refractivity contribution < 1.29 is 4.39 Å². The first-order chi connectivity index (χ1) is 6.03. The normalized spacial score (nSPS) is 38.5. The van der Waals surface area contributed by atoms with Crippen LogP contribution in [0.15, 0.2) is 0 Å². The zero-order valence-electron chi connectivity index (χ0n) is 8.89. The Morgan fingerprint density at radius 3 is 2.38 bits per heavy atom. The lowest BCUT2D eigenvalue weighted by molar-refractivity contribution is 0.203. The van der Waals surface area contributed by atoms with Crippen LogP contribution >= 0.6 is 0 Å². The molecule has 2 heteroatoms. The Bertz CT molecular complexity index is 198. The predicted molar refractivity (Wildman–Crippen MR) is 52.4 cm³/mol. The van der Waals surface area contributed by atoms with Gasteiger partial charge in [-0.25, -0.2) is 4.39 Å². The maximum Gasteiger partial charge on any atom is 0.115 e. The summed E-state index contributed by atoms with van der Waals surface area (Å²) in [5.41, 5.74) is -0.766. The van der Waals surface area contributed by atoms with E-state index in [-0.39, 0.29) is 0 Å². The van der Waals surface area contributed by atoms with E-state index in [1.54, 1.807) is 0 Å². The molecule has 0 spiro atoms. The molecule has 1 saturated heterocycles. The van der Waals surface area contributed by atoms with E-state index in [4.69, 9.17) is 0 Å². The highest BCUT2D eigenvalue weighted by Crippen LogP contribution is 2.51. The SMILES string of the molecule is CC(C)C1C[C@H](C2(F)CC2)CN1C. The van der Waals surface area contributed by atoms with Gasteiger partial charge in [-0.3, -0.25) is 0 Å². The average molecular weight is 185 g/mol. The van der Waals surface area contributed by atoms with Gasteiger partial charge in [-0.15, -0.1) is 0 Å². The van der Waals surface area contributed by atoms with Gasteiger partial charge in [-0.05, 0) is 32.2 Å². The van der Waals surface area contributed by atoms with E-state index in [0.717, 1.165) is 25.8 Å². The molecule has 1 aliphatic carbocycles. The van der Waals surface area contributed by atoms with Crippen molar-refractivity contribution in [3.8, 4) is 0 Å². The number of hydrogen-bond donors (Lipinski definition) is 0. The second-order valence-electron chi connectivity index (χ2n) is 5.22. The van der Waals surface area contributed by atoms with Crippen LogP contribution in [0.25, 0.3) is 0 Å². The van der Waals surface area contributed by atoms with Crippen LogP contribution in [-0.2, 0) is 0 Å². The Morgan fingerprint density at radius 1 is 1.38 bits per heavy atom. The van der Waals surface area contributed by atoms with Gasteiger partial charge in [0.2, 0.25) is 0 Å². The quantitative estimate of drug-likeness (QED) is 0.639. The van der Waals surface area contributed by atoms with E-state index < -0.39 is 5.67 Å². The van der Waals surface area contributed by atoms with E-state index in [0.29, 0.717) is 17.9 Å². The van der Waals surface area contributed by atoms with Gasteiger partial charge in [0.25, 0.3) is 0 Å². The Kier molecular flexibility index (Phi) is 2.14. The van der Waals surface area contributed by atoms with Gasteiger partial charge in [0, 0.05) is 18.5 Å². The first-order valence-corrected chi connectivity index (χ1v) is 5.42. The Balaban J connectivity index is 1.98. The summed E-state index contributed by atoms with van der Waals surface area (Å²) in [5.74, 6) is 0.988. The molecule has 1 heterocycles. The van der Waals surface area contributed by atoms with Crippen LogP contribution in [0.3, 0.4) is 0 Å². The smallest absolute Gasteiger partial charge is 0.115 e. The Hall–Kier alpha value is -0.110. The first-order valence-electron chi connectivity index (χ1n) is 5.42. The number of hydrogen-bond acceptors (Lipinski definition) is 1. The molecule has 1 aliphatic heterocycles. The molecule has 2 rings (SSSR count). The monoisotopic (exact) mass is 185 g/mol. The van der Waals surface area contributed by atoms with E-state index in [1.165, 1.54) is 0 Å². The molecule has 76 valence electrons. The van der Waals surface area contributed by atoms with Crippen LogP contribution in [0.5, 0.6) is 0 Å². The van der Waals surface area contributed by atoms with Crippen molar-refractivity contribution in [2.45, 2.75) is 44.8 Å². The summed E-state index contributed by atoms with van der Waals surface area (Å²) in [6.45, 7) is 5.45. The van der Waals surface area contributed by atoms with Crippen molar-refractivity contribution in [3.05, 3.63) is 0 Å². The maximum atomic E-state index is 13.8. The number of halogens is 1. The minimum Gasteiger partial charge on any atom is -0.303 e. The lowest BCUT2D eigenvalue weighted by Gasteiger charge is -2.22. The molecule has 0 aromatic carbocycles. The van der Waals surface area contributed by atoms with Crippen molar-refractivity contribution >= 4 is 0 Å². The second kappa shape index (κ2) is 2.94. The van der Waals surface area contributed by atoms with E-state index in [2.05, 4.69) is 25.8 Å². The zero-order valence-corrected chi connectivity index (χ0v) is 8.89. The third-order valence-electron chi connectivity index (χ3n) is 3.83. The highest BCUT2D eigenvalue weighted by Gasteiger charge is 2.53. The first kappa shape index (κ1) is 9.45. The second-order valence-corrected chi connectivity index (χ2v) is 5.22. The fraction of sp³-hybridized carbons (Fsp3) is 1.00. The molecule has 0 amide bonds. The van der Waals surface area contributed by atoms with E-state index in [9.17, 15) is 4.39 Å². The molecule has 2 aliphatic rings. The fourth-order valence-corrected chi connectivity index (χ4v) is 2.71. The zero-order chi connectivity index (χ0) is 9.64. The van der Waals surface area contributed by atoms with Crippen LogP contribution < -0.4 is 0 Å². The summed E-state index contributed by atoms with van der Waals surface area (Å²) < 4.78 is 13.8. The molecule has 1 unspecified atom stereocenters. The summed E-state index contributed by atoms with van der Waals surface area (Å²) in [7, 11) is 2.14. The lowest BCUT2D eigenvalue weighted by Crippen LogP contribution is -2.29. The molecule has 0 aromatic heterocycles. The van der Waals surface area contributed by atoms with Gasteiger partial charge >= 0.3 is 0 Å². The average Bonchev–Trinajstić information content (AvgIpc) is 2.63. The van der Waals surface area contributed by atoms with E-state index in [1.807, 2.05) is 0 Å². The lowest BCUT2D eigenvalue weighted by atomic mass is 9.93. The van der Waals surface area contributed by atoms with Gasteiger partial charge < -0.3 is 4.90 Å². The molecule has 2 fully saturated rings. The standard InChI is InChI=1S/C11H20FN/c1-8(2)10-6-9(7-13(10)3)11(12)4-5-11/h8-10H,4-7H2,1-3H3/t9-,10?/m0/s1. The van der Waals surface area contributed by atoms with Crippen molar-refractivity contribution in [2.75, 3.05) is 13.6 Å². The van der Waals surface area contributed by atoms with Crippen molar-refractivity contribution in [3.63, 3.8) is 0 Å². The molecule has 13 heavy (non-hydrogen) atoms. The van der Waals surface area contributed by atoms with Gasteiger partial charge in [0.1, 0.15) is 5.67 Å². The third kappa shape index (κ3) is 1.61. The van der Waals surface area contributed by atoms with Gasteiger partial charge in [0.05, 0.1) is 0 Å². The van der Waals surface area contributed by atoms with E-state index >= 15 is 0 Å². The number of nitrogens with zero attached hydrogens (tertiary/aromatic N) is 1. The van der Waals surface area contributed by atoms with Crippen molar-refractivity contribution in [2.24, 2.45) is 11.8 Å². The highest BCUT2D eigenvalue weighted by atomic mass is 19.1. The Morgan fingerprint density at radius 2 is 2.00 bits per heavy atom. The summed E-state index contributed by atoms with van der Waals surface area (Å²) in [6.07, 6.45) is 2.71. The van der Waals surface area contributed by atoms with Crippen LogP contribution in [0.2, 0.25) is 0 Å². The molecular weight excluding hydrogens is 165 g/mol. The minimum atomic E-state index is -0.766. The van der Waals surface area contributed by atoms with Crippen LogP contribution in [-0.4, -0.2) is 30.2 Å². The number of likely N-dealkylation sites (tertiary alicyclic amines) is 1. The van der Waals surface area contributed by atoms with Crippen LogP contribution in [0, 0.1) is 11.8 Å². The van der Waals surface area contributed by atoms with Gasteiger partial charge in [0.15, 0.2) is 0 Å². The van der Waals surface area contributed by atoms with Crippen molar-refractivity contribution in [1.82, 2.24) is 4.90 Å². The summed E-state index contributed by atoms with van der Waals surface area (Å²) in [5, 5.41) is 0. The number of alkyl halides is 1. The molecule has 0 N–H and O–H groups in total. The fourth-order valence-electron chi connectivity index (χ4n) is 2.71. The minimum absolute atomic E-state index is 0.324. The molecule has 0 aromatic rings. The Labute approximate surface area is 80.3 Å². The molecule has 1 nitrogen and oxygen atoms in total. The summed E-state index contributed by atoms with van der Waals surface area (Å²) in [4.78, 5) is 2.34. The highest BCUT2D eigenvalue weighted by molar-refractivity contribution is 5.05. The van der Waals surface area contributed by atoms with Crippen LogP contribution in [0.1, 0.15) is 33.1 Å². The molecular formula is C11H20FN. The summed E-state index contributed by atoms with van der Waals surface area (Å²) >= 11 is 0. The maximum absolute atomic E-state index is 13.8. The van der Waals surface area contributed by atoms with Crippen LogP contribution in [0.4, 0.5) is 4.39 Å². The molecule has 0 radical (unpaired) electrons. The third-order valence-corrected chi connectivity index (χ3v) is 3.83. The van der Waals surface area contributed by atoms with Gasteiger partial charge in [-0.2, -0.15) is 0 Å².